The van der Waals surface area contributed by atoms with Gasteiger partial charge in [0.2, 0.25) is 5.91 Å². The molecule has 1 aliphatic heterocycles. The molecule has 0 radical (unpaired) electrons. The normalized spacial score (nSPS) is 41.1. The van der Waals surface area contributed by atoms with Crippen LogP contribution in [0.15, 0.2) is 0 Å². The third kappa shape index (κ3) is 0.815. The van der Waals surface area contributed by atoms with Gasteiger partial charge in [0.15, 0.2) is 0 Å². The van der Waals surface area contributed by atoms with Gasteiger partial charge in [-0.1, -0.05) is 13.3 Å². The Morgan fingerprint density at radius 3 is 2.91 bits per heavy atom. The molecule has 0 N–H and O–H groups in total. The molecule has 0 aromatic carbocycles. The zero-order valence-electron chi connectivity index (χ0n) is 7.26. The molecule has 2 aliphatic rings. The molecule has 2 fully saturated rings. The number of hydrogen-bond acceptors (Lipinski definition) is 1. The molecule has 1 saturated heterocycles. The minimum atomic E-state index is 0.387. The first-order chi connectivity index (χ1) is 5.19. The van der Waals surface area contributed by atoms with Crippen molar-refractivity contribution in [2.24, 2.45) is 11.3 Å². The third-order valence-electron chi connectivity index (χ3n) is 3.16. The van der Waals surface area contributed by atoms with Crippen molar-refractivity contribution < 1.29 is 4.79 Å². The molecule has 1 heterocycles. The Morgan fingerprint density at radius 1 is 1.73 bits per heavy atom. The van der Waals surface area contributed by atoms with E-state index >= 15 is 0 Å². The largest absolute Gasteiger partial charge is 0.345 e. The summed E-state index contributed by atoms with van der Waals surface area (Å²) in [6.07, 6.45) is 3.63. The number of nitrogens with zero attached hydrogens (tertiary/aromatic N) is 1. The predicted octanol–water partition coefficient (Wildman–Crippen LogP) is 1.26. The molecule has 1 saturated carbocycles. The van der Waals surface area contributed by atoms with E-state index in [4.69, 9.17) is 0 Å². The average Bonchev–Trinajstić information content (AvgIpc) is 2.57. The van der Waals surface area contributed by atoms with Crippen molar-refractivity contribution in [2.45, 2.75) is 26.2 Å². The minimum absolute atomic E-state index is 0.387. The molecule has 2 heteroatoms. The number of hydrogen-bond donors (Lipinski definition) is 0. The van der Waals surface area contributed by atoms with Gasteiger partial charge in [-0.2, -0.15) is 0 Å². The van der Waals surface area contributed by atoms with Gasteiger partial charge in [-0.05, 0) is 12.8 Å². The molecule has 0 bridgehead atoms. The van der Waals surface area contributed by atoms with E-state index in [1.54, 1.807) is 0 Å². The van der Waals surface area contributed by atoms with Crippen LogP contribution >= 0.6 is 0 Å². The first kappa shape index (κ1) is 7.14. The van der Waals surface area contributed by atoms with E-state index in [9.17, 15) is 4.79 Å². The summed E-state index contributed by atoms with van der Waals surface area (Å²) in [4.78, 5) is 13.2. The molecule has 0 aromatic rings. The molecule has 2 atom stereocenters. The highest BCUT2D eigenvalue weighted by Crippen LogP contribution is 2.60. The molecule has 1 amide bonds. The summed E-state index contributed by atoms with van der Waals surface area (Å²) in [6, 6.07) is 0. The number of carbonyl (C=O) groups is 1. The SMILES string of the molecule is CCCC12CC1C(=O)N(C)C2. The summed E-state index contributed by atoms with van der Waals surface area (Å²) in [5.74, 6) is 0.797. The van der Waals surface area contributed by atoms with Gasteiger partial charge in [0.1, 0.15) is 0 Å². The minimum Gasteiger partial charge on any atom is -0.345 e. The lowest BCUT2D eigenvalue weighted by Gasteiger charge is -2.14. The van der Waals surface area contributed by atoms with Crippen LogP contribution in [0.25, 0.3) is 0 Å². The lowest BCUT2D eigenvalue weighted by molar-refractivity contribution is -0.128. The fraction of sp³-hybridized carbons (Fsp3) is 0.889. The molecule has 2 rings (SSSR count). The van der Waals surface area contributed by atoms with Gasteiger partial charge in [0, 0.05) is 24.9 Å². The summed E-state index contributed by atoms with van der Waals surface area (Å²) in [5.41, 5.74) is 0.431. The second-order valence-corrected chi connectivity index (χ2v) is 4.06. The average molecular weight is 153 g/mol. The highest BCUT2D eigenvalue weighted by molar-refractivity contribution is 5.85. The van der Waals surface area contributed by atoms with E-state index in [1.807, 2.05) is 11.9 Å². The van der Waals surface area contributed by atoms with E-state index in [0.29, 0.717) is 17.2 Å². The topological polar surface area (TPSA) is 20.3 Å². The lowest BCUT2D eigenvalue weighted by Crippen LogP contribution is -2.24. The summed E-state index contributed by atoms with van der Waals surface area (Å²) in [6.45, 7) is 3.22. The van der Waals surface area contributed by atoms with Crippen LogP contribution in [0.1, 0.15) is 26.2 Å². The first-order valence-corrected chi connectivity index (χ1v) is 4.44. The van der Waals surface area contributed by atoms with E-state index in [1.165, 1.54) is 19.3 Å². The van der Waals surface area contributed by atoms with Crippen LogP contribution in [-0.2, 0) is 4.79 Å². The highest BCUT2D eigenvalue weighted by atomic mass is 16.2. The van der Waals surface area contributed by atoms with Crippen LogP contribution < -0.4 is 0 Å². The monoisotopic (exact) mass is 153 g/mol. The van der Waals surface area contributed by atoms with Gasteiger partial charge in [0.05, 0.1) is 0 Å². The molecule has 2 unspecified atom stereocenters. The highest BCUT2D eigenvalue weighted by Gasteiger charge is 2.63. The smallest absolute Gasteiger partial charge is 0.226 e. The molecular weight excluding hydrogens is 138 g/mol. The summed E-state index contributed by atoms with van der Waals surface area (Å²) in [5, 5.41) is 0. The van der Waals surface area contributed by atoms with Crippen LogP contribution in [0.5, 0.6) is 0 Å². The van der Waals surface area contributed by atoms with Crippen molar-refractivity contribution in [1.82, 2.24) is 4.90 Å². The number of fused-ring (bicyclic) bond motifs is 1. The number of amides is 1. The van der Waals surface area contributed by atoms with Crippen molar-refractivity contribution >= 4 is 5.91 Å². The second kappa shape index (κ2) is 1.99. The van der Waals surface area contributed by atoms with E-state index < -0.39 is 0 Å². The first-order valence-electron chi connectivity index (χ1n) is 4.44. The molecule has 0 aromatic heterocycles. The van der Waals surface area contributed by atoms with Crippen LogP contribution in [0, 0.1) is 11.3 Å². The zero-order chi connectivity index (χ0) is 8.06. The third-order valence-corrected chi connectivity index (χ3v) is 3.16. The summed E-state index contributed by atoms with van der Waals surface area (Å²) >= 11 is 0. The van der Waals surface area contributed by atoms with Gasteiger partial charge in [-0.25, -0.2) is 0 Å². The van der Waals surface area contributed by atoms with Crippen molar-refractivity contribution in [3.8, 4) is 0 Å². The second-order valence-electron chi connectivity index (χ2n) is 4.06. The summed E-state index contributed by atoms with van der Waals surface area (Å²) in [7, 11) is 1.92. The van der Waals surface area contributed by atoms with Crippen LogP contribution in [0.3, 0.4) is 0 Å². The Bertz CT molecular complexity index is 202. The number of piperidine rings is 1. The van der Waals surface area contributed by atoms with Gasteiger partial charge in [-0.3, -0.25) is 4.79 Å². The van der Waals surface area contributed by atoms with Crippen LogP contribution in [-0.4, -0.2) is 24.4 Å². The fourth-order valence-corrected chi connectivity index (χ4v) is 2.54. The molecule has 62 valence electrons. The van der Waals surface area contributed by atoms with Crippen molar-refractivity contribution in [3.63, 3.8) is 0 Å². The molecule has 11 heavy (non-hydrogen) atoms. The fourth-order valence-electron chi connectivity index (χ4n) is 2.54. The zero-order valence-corrected chi connectivity index (χ0v) is 7.26. The lowest BCUT2D eigenvalue weighted by atomic mass is 10.00. The maximum atomic E-state index is 11.4. The van der Waals surface area contributed by atoms with Crippen LogP contribution in [0.2, 0.25) is 0 Å². The Labute approximate surface area is 67.6 Å². The maximum Gasteiger partial charge on any atom is 0.226 e. The van der Waals surface area contributed by atoms with Crippen molar-refractivity contribution in [1.29, 1.82) is 0 Å². The Balaban J connectivity index is 2.07. The van der Waals surface area contributed by atoms with Gasteiger partial charge < -0.3 is 4.90 Å². The molecule has 1 aliphatic carbocycles. The number of carbonyl (C=O) groups excluding carboxylic acids is 1. The standard InChI is InChI=1S/C9H15NO/c1-3-4-9-5-7(9)8(11)10(2)6-9/h7H,3-6H2,1-2H3. The summed E-state index contributed by atoms with van der Waals surface area (Å²) < 4.78 is 0. The van der Waals surface area contributed by atoms with E-state index in [-0.39, 0.29) is 0 Å². The van der Waals surface area contributed by atoms with Gasteiger partial charge in [0.25, 0.3) is 0 Å². The van der Waals surface area contributed by atoms with E-state index in [0.717, 1.165) is 6.54 Å². The molecule has 0 spiro atoms. The Hall–Kier alpha value is -0.530. The number of rotatable bonds is 2. The molecule has 2 nitrogen and oxygen atoms in total. The number of likely N-dealkylation sites (tertiary alicyclic amines) is 1. The Morgan fingerprint density at radius 2 is 2.45 bits per heavy atom. The van der Waals surface area contributed by atoms with Gasteiger partial charge >= 0.3 is 0 Å². The quantitative estimate of drug-likeness (QED) is 0.585. The van der Waals surface area contributed by atoms with Crippen LogP contribution in [0.4, 0.5) is 0 Å². The van der Waals surface area contributed by atoms with Crippen molar-refractivity contribution in [2.75, 3.05) is 13.6 Å². The molecular formula is C9H15NO. The maximum absolute atomic E-state index is 11.4. The van der Waals surface area contributed by atoms with Gasteiger partial charge in [-0.15, -0.1) is 0 Å². The Kier molecular flexibility index (Phi) is 1.29. The predicted molar refractivity (Wildman–Crippen MR) is 43.1 cm³/mol. The van der Waals surface area contributed by atoms with Crippen molar-refractivity contribution in [3.05, 3.63) is 0 Å². The van der Waals surface area contributed by atoms with E-state index in [2.05, 4.69) is 6.92 Å².